The predicted octanol–water partition coefficient (Wildman–Crippen LogP) is 6.27. The summed E-state index contributed by atoms with van der Waals surface area (Å²) in [6, 6.07) is 27.9. The van der Waals surface area contributed by atoms with E-state index in [4.69, 9.17) is 4.74 Å². The van der Waals surface area contributed by atoms with Crippen LogP contribution in [0.25, 0.3) is 0 Å². The number of benzene rings is 3. The molecule has 0 unspecified atom stereocenters. The van der Waals surface area contributed by atoms with Crippen molar-refractivity contribution in [2.75, 3.05) is 0 Å². The second-order valence-electron chi connectivity index (χ2n) is 7.07. The standard InChI is InChI=1S/C23H25OS/c1-18-15-16-19(24-23(2,3)4)17-22(18)25(20-11-7-5-8-12-20)21-13-9-6-10-14-21/h5-17H,1-4H3/q+1. The molecule has 0 aliphatic heterocycles. The van der Waals surface area contributed by atoms with Crippen molar-refractivity contribution in [1.82, 2.24) is 0 Å². The van der Waals surface area contributed by atoms with Gasteiger partial charge in [-0.15, -0.1) is 0 Å². The highest BCUT2D eigenvalue weighted by Gasteiger charge is 2.30. The van der Waals surface area contributed by atoms with Gasteiger partial charge in [0.05, 0.1) is 10.9 Å². The molecule has 0 spiro atoms. The smallest absolute Gasteiger partial charge is 0.173 e. The first-order valence-electron chi connectivity index (χ1n) is 8.58. The van der Waals surface area contributed by atoms with E-state index in [1.165, 1.54) is 20.2 Å². The minimum atomic E-state index is -0.204. The number of hydrogen-bond donors (Lipinski definition) is 0. The van der Waals surface area contributed by atoms with Gasteiger partial charge >= 0.3 is 0 Å². The molecule has 3 aromatic rings. The molecule has 25 heavy (non-hydrogen) atoms. The average Bonchev–Trinajstić information content (AvgIpc) is 2.59. The Labute approximate surface area is 154 Å². The number of hydrogen-bond acceptors (Lipinski definition) is 1. The molecule has 0 saturated carbocycles. The highest BCUT2D eigenvalue weighted by atomic mass is 32.2. The fraction of sp³-hybridized carbons (Fsp3) is 0.217. The van der Waals surface area contributed by atoms with Gasteiger partial charge in [-0.05, 0) is 58.0 Å². The predicted molar refractivity (Wildman–Crippen MR) is 107 cm³/mol. The third-order valence-corrected chi connectivity index (χ3v) is 6.13. The van der Waals surface area contributed by atoms with E-state index in [2.05, 4.69) is 107 Å². The Hall–Kier alpha value is -2.19. The van der Waals surface area contributed by atoms with E-state index in [9.17, 15) is 0 Å². The summed E-state index contributed by atoms with van der Waals surface area (Å²) < 4.78 is 6.12. The first kappa shape index (κ1) is 17.6. The van der Waals surface area contributed by atoms with Gasteiger partial charge in [0.15, 0.2) is 14.7 Å². The summed E-state index contributed by atoms with van der Waals surface area (Å²) in [6.07, 6.45) is 0. The zero-order valence-corrected chi connectivity index (χ0v) is 16.1. The molecule has 0 bridgehead atoms. The largest absolute Gasteiger partial charge is 0.488 e. The van der Waals surface area contributed by atoms with Crippen LogP contribution in [-0.2, 0) is 10.9 Å². The van der Waals surface area contributed by atoms with Crippen molar-refractivity contribution >= 4 is 10.9 Å². The van der Waals surface area contributed by atoms with Crippen LogP contribution in [0.2, 0.25) is 0 Å². The molecule has 0 saturated heterocycles. The average molecular weight is 350 g/mol. The maximum atomic E-state index is 6.12. The Bertz CT molecular complexity index is 780. The first-order valence-corrected chi connectivity index (χ1v) is 9.80. The molecule has 0 aliphatic rings. The Morgan fingerprint density at radius 3 is 1.72 bits per heavy atom. The van der Waals surface area contributed by atoms with Gasteiger partial charge in [0, 0.05) is 11.6 Å². The monoisotopic (exact) mass is 349 g/mol. The highest BCUT2D eigenvalue weighted by molar-refractivity contribution is 7.97. The molecule has 0 amide bonds. The first-order chi connectivity index (χ1) is 11.9. The second kappa shape index (κ2) is 7.37. The molecule has 0 heterocycles. The van der Waals surface area contributed by atoms with E-state index >= 15 is 0 Å². The van der Waals surface area contributed by atoms with Gasteiger partial charge < -0.3 is 4.74 Å². The zero-order valence-electron chi connectivity index (χ0n) is 15.3. The topological polar surface area (TPSA) is 9.23 Å². The van der Waals surface area contributed by atoms with Gasteiger partial charge in [-0.1, -0.05) is 42.5 Å². The zero-order chi connectivity index (χ0) is 17.9. The molecule has 1 nitrogen and oxygen atoms in total. The maximum absolute atomic E-state index is 6.12. The van der Waals surface area contributed by atoms with Crippen molar-refractivity contribution < 1.29 is 4.74 Å². The van der Waals surface area contributed by atoms with Crippen molar-refractivity contribution in [3.8, 4) is 5.75 Å². The summed E-state index contributed by atoms with van der Waals surface area (Å²) in [4.78, 5) is 3.97. The maximum Gasteiger partial charge on any atom is 0.173 e. The lowest BCUT2D eigenvalue weighted by molar-refractivity contribution is 0.130. The summed E-state index contributed by atoms with van der Waals surface area (Å²) in [5.74, 6) is 0.928. The van der Waals surface area contributed by atoms with Gasteiger partial charge in [-0.25, -0.2) is 0 Å². The fourth-order valence-electron chi connectivity index (χ4n) is 2.72. The lowest BCUT2D eigenvalue weighted by atomic mass is 10.2. The van der Waals surface area contributed by atoms with E-state index in [1.807, 2.05) is 0 Å². The van der Waals surface area contributed by atoms with Crippen LogP contribution >= 0.6 is 0 Å². The van der Waals surface area contributed by atoms with E-state index in [-0.39, 0.29) is 16.5 Å². The van der Waals surface area contributed by atoms with Gasteiger partial charge in [-0.3, -0.25) is 0 Å². The van der Waals surface area contributed by atoms with Gasteiger partial charge in [-0.2, -0.15) is 0 Å². The summed E-state index contributed by atoms with van der Waals surface area (Å²) in [7, 11) is -0.145. The van der Waals surface area contributed by atoms with Crippen LogP contribution in [0.5, 0.6) is 5.75 Å². The highest BCUT2D eigenvalue weighted by Crippen LogP contribution is 2.35. The van der Waals surface area contributed by atoms with Crippen LogP contribution in [0.15, 0.2) is 93.5 Å². The molecule has 128 valence electrons. The van der Waals surface area contributed by atoms with Crippen LogP contribution in [-0.4, -0.2) is 5.60 Å². The van der Waals surface area contributed by atoms with E-state index in [0.717, 1.165) is 5.75 Å². The van der Waals surface area contributed by atoms with E-state index in [1.54, 1.807) is 0 Å². The molecular weight excluding hydrogens is 324 g/mol. The normalized spacial score (nSPS) is 11.6. The van der Waals surface area contributed by atoms with Crippen molar-refractivity contribution in [1.29, 1.82) is 0 Å². The third kappa shape index (κ3) is 4.46. The lowest BCUT2D eigenvalue weighted by Gasteiger charge is -2.22. The molecule has 3 aromatic carbocycles. The lowest BCUT2D eigenvalue weighted by Crippen LogP contribution is -2.23. The Morgan fingerprint density at radius 1 is 0.720 bits per heavy atom. The summed E-state index contributed by atoms with van der Waals surface area (Å²) in [5, 5.41) is 0. The SMILES string of the molecule is Cc1ccc(OC(C)(C)C)cc1[S+](c1ccccc1)c1ccccc1. The molecular formula is C23H25OS+. The molecule has 0 atom stereocenters. The van der Waals surface area contributed by atoms with Crippen molar-refractivity contribution in [2.24, 2.45) is 0 Å². The Morgan fingerprint density at radius 2 is 1.24 bits per heavy atom. The summed E-state index contributed by atoms with van der Waals surface area (Å²) >= 11 is 0. The molecule has 3 rings (SSSR count). The van der Waals surface area contributed by atoms with Crippen LogP contribution in [0, 0.1) is 6.92 Å². The Balaban J connectivity index is 2.12. The molecule has 0 fully saturated rings. The number of ether oxygens (including phenoxy) is 1. The second-order valence-corrected chi connectivity index (χ2v) is 9.07. The van der Waals surface area contributed by atoms with Gasteiger partial charge in [0.2, 0.25) is 0 Å². The molecule has 0 aromatic heterocycles. The van der Waals surface area contributed by atoms with Gasteiger partial charge in [0.25, 0.3) is 0 Å². The number of aryl methyl sites for hydroxylation is 1. The summed E-state index contributed by atoms with van der Waals surface area (Å²) in [5.41, 5.74) is 1.09. The Kier molecular flexibility index (Phi) is 5.19. The van der Waals surface area contributed by atoms with Crippen molar-refractivity contribution in [2.45, 2.75) is 48.0 Å². The van der Waals surface area contributed by atoms with Crippen molar-refractivity contribution in [3.63, 3.8) is 0 Å². The van der Waals surface area contributed by atoms with Crippen molar-refractivity contribution in [3.05, 3.63) is 84.4 Å². The van der Waals surface area contributed by atoms with Gasteiger partial charge in [0.1, 0.15) is 11.4 Å². The van der Waals surface area contributed by atoms with Crippen LogP contribution in [0.4, 0.5) is 0 Å². The minimum absolute atomic E-state index is 0.145. The van der Waals surface area contributed by atoms with Crippen LogP contribution in [0.1, 0.15) is 26.3 Å². The van der Waals surface area contributed by atoms with Crippen LogP contribution in [0.3, 0.4) is 0 Å². The quantitative estimate of drug-likeness (QED) is 0.505. The molecule has 0 aliphatic carbocycles. The summed E-state index contributed by atoms with van der Waals surface area (Å²) in [6.45, 7) is 8.43. The minimum Gasteiger partial charge on any atom is -0.488 e. The molecule has 0 radical (unpaired) electrons. The molecule has 0 N–H and O–H groups in total. The number of rotatable bonds is 4. The van der Waals surface area contributed by atoms with Crippen LogP contribution < -0.4 is 4.74 Å². The van der Waals surface area contributed by atoms with E-state index in [0.29, 0.717) is 0 Å². The fourth-order valence-corrected chi connectivity index (χ4v) is 4.98. The molecule has 2 heteroatoms. The van der Waals surface area contributed by atoms with E-state index < -0.39 is 0 Å². The third-order valence-electron chi connectivity index (χ3n) is 3.76.